The van der Waals surface area contributed by atoms with Crippen molar-refractivity contribution in [3.05, 3.63) is 29.3 Å². The minimum atomic E-state index is 0.238. The van der Waals surface area contributed by atoms with Crippen LogP contribution in [0.3, 0.4) is 0 Å². The largest absolute Gasteiger partial charge is 0.303 e. The van der Waals surface area contributed by atoms with Crippen LogP contribution in [0.15, 0.2) is 23.1 Å². The second-order valence-electron chi connectivity index (χ2n) is 6.11. The number of nitrogens with zero attached hydrogens (tertiary/aromatic N) is 1. The Balaban J connectivity index is 2.67. The molecule has 0 aliphatic rings. The minimum Gasteiger partial charge on any atom is -0.303 e. The monoisotopic (exact) mass is 279 g/mol. The first-order valence-corrected chi connectivity index (χ1v) is 8.33. The predicted octanol–water partition coefficient (Wildman–Crippen LogP) is 4.73. The summed E-state index contributed by atoms with van der Waals surface area (Å²) in [6.45, 7) is 17.0. The van der Waals surface area contributed by atoms with Crippen LogP contribution in [0.2, 0.25) is 0 Å². The number of hydrogen-bond donors (Lipinski definition) is 0. The summed E-state index contributed by atoms with van der Waals surface area (Å²) < 4.78 is 0. The number of hydrogen-bond acceptors (Lipinski definition) is 2. The fraction of sp³-hybridized carbons (Fsp3) is 0.647. The van der Waals surface area contributed by atoms with Crippen LogP contribution in [0.4, 0.5) is 0 Å². The molecule has 19 heavy (non-hydrogen) atoms. The van der Waals surface area contributed by atoms with E-state index in [1.165, 1.54) is 28.3 Å². The normalized spacial score (nSPS) is 12.2. The summed E-state index contributed by atoms with van der Waals surface area (Å²) in [5.41, 5.74) is 3.07. The molecule has 0 spiro atoms. The molecule has 0 aromatic heterocycles. The van der Waals surface area contributed by atoms with Crippen molar-refractivity contribution in [2.75, 3.05) is 25.4 Å². The van der Waals surface area contributed by atoms with Crippen LogP contribution in [0, 0.1) is 6.92 Å². The molecule has 0 aliphatic heterocycles. The Labute approximate surface area is 123 Å². The lowest BCUT2D eigenvalue weighted by molar-refractivity contribution is 0.324. The topological polar surface area (TPSA) is 3.24 Å². The molecular weight excluding hydrogens is 250 g/mol. The smallest absolute Gasteiger partial charge is 0.0108 e. The zero-order chi connectivity index (χ0) is 14.5. The van der Waals surface area contributed by atoms with E-state index in [-0.39, 0.29) is 5.41 Å². The van der Waals surface area contributed by atoms with Crippen LogP contribution in [0.25, 0.3) is 0 Å². The average Bonchev–Trinajstić information content (AvgIpc) is 2.35. The first-order valence-electron chi connectivity index (χ1n) is 7.34. The summed E-state index contributed by atoms with van der Waals surface area (Å²) in [7, 11) is 0. The summed E-state index contributed by atoms with van der Waals surface area (Å²) in [5.74, 6) is 1.18. The van der Waals surface area contributed by atoms with Gasteiger partial charge in [0.15, 0.2) is 0 Å². The minimum absolute atomic E-state index is 0.238. The van der Waals surface area contributed by atoms with Crippen LogP contribution in [-0.2, 0) is 5.41 Å². The maximum atomic E-state index is 2.48. The van der Waals surface area contributed by atoms with Crippen LogP contribution in [-0.4, -0.2) is 30.3 Å². The van der Waals surface area contributed by atoms with E-state index in [4.69, 9.17) is 0 Å². The van der Waals surface area contributed by atoms with Gasteiger partial charge in [-0.2, -0.15) is 0 Å². The molecule has 1 rings (SSSR count). The van der Waals surface area contributed by atoms with Gasteiger partial charge in [0.2, 0.25) is 0 Å². The molecule has 1 aromatic carbocycles. The molecule has 0 amide bonds. The number of thioether (sulfide) groups is 1. The Bertz CT molecular complexity index is 389. The quantitative estimate of drug-likeness (QED) is 0.693. The zero-order valence-corrected chi connectivity index (χ0v) is 14.2. The number of aryl methyl sites for hydroxylation is 1. The second kappa shape index (κ2) is 7.35. The molecule has 1 aromatic rings. The van der Waals surface area contributed by atoms with Crippen LogP contribution in [0.5, 0.6) is 0 Å². The molecule has 0 aliphatic carbocycles. The third kappa shape index (κ3) is 5.19. The second-order valence-corrected chi connectivity index (χ2v) is 7.24. The molecule has 0 bridgehead atoms. The zero-order valence-electron chi connectivity index (χ0n) is 13.4. The Morgan fingerprint density at radius 3 is 2.26 bits per heavy atom. The third-order valence-corrected chi connectivity index (χ3v) is 4.75. The van der Waals surface area contributed by atoms with Crippen molar-refractivity contribution in [3.8, 4) is 0 Å². The summed E-state index contributed by atoms with van der Waals surface area (Å²) in [6, 6.07) is 6.91. The molecule has 0 saturated carbocycles. The van der Waals surface area contributed by atoms with Crippen molar-refractivity contribution in [1.82, 2.24) is 4.90 Å². The highest BCUT2D eigenvalue weighted by atomic mass is 32.2. The van der Waals surface area contributed by atoms with Gasteiger partial charge in [0, 0.05) is 17.2 Å². The Kier molecular flexibility index (Phi) is 6.41. The summed E-state index contributed by atoms with van der Waals surface area (Å²) in [4.78, 5) is 3.93. The van der Waals surface area contributed by atoms with Gasteiger partial charge in [-0.25, -0.2) is 0 Å². The summed E-state index contributed by atoms with van der Waals surface area (Å²) >= 11 is 1.99. The van der Waals surface area contributed by atoms with E-state index in [1.807, 2.05) is 11.8 Å². The Hall–Kier alpha value is -0.470. The highest BCUT2D eigenvalue weighted by molar-refractivity contribution is 7.99. The van der Waals surface area contributed by atoms with E-state index in [2.05, 4.69) is 64.6 Å². The first kappa shape index (κ1) is 16.6. The fourth-order valence-electron chi connectivity index (χ4n) is 2.05. The van der Waals surface area contributed by atoms with Crippen molar-refractivity contribution >= 4 is 11.8 Å². The average molecular weight is 279 g/mol. The summed E-state index contributed by atoms with van der Waals surface area (Å²) in [6.07, 6.45) is 0. The highest BCUT2D eigenvalue weighted by Crippen LogP contribution is 2.29. The highest BCUT2D eigenvalue weighted by Gasteiger charge is 2.14. The first-order chi connectivity index (χ1) is 8.88. The molecule has 0 radical (unpaired) electrons. The van der Waals surface area contributed by atoms with Crippen molar-refractivity contribution in [3.63, 3.8) is 0 Å². The van der Waals surface area contributed by atoms with Crippen LogP contribution >= 0.6 is 11.8 Å². The van der Waals surface area contributed by atoms with Gasteiger partial charge in [0.1, 0.15) is 0 Å². The standard InChI is InChI=1S/C17H29NS/c1-7-18(8-2)11-12-19-16-13-15(17(4,5)6)10-9-14(16)3/h9-10,13H,7-8,11-12H2,1-6H3. The van der Waals surface area contributed by atoms with Crippen molar-refractivity contribution < 1.29 is 0 Å². The Morgan fingerprint density at radius 2 is 1.74 bits per heavy atom. The van der Waals surface area contributed by atoms with Gasteiger partial charge in [-0.3, -0.25) is 0 Å². The van der Waals surface area contributed by atoms with Crippen LogP contribution < -0.4 is 0 Å². The number of benzene rings is 1. The van der Waals surface area contributed by atoms with E-state index < -0.39 is 0 Å². The summed E-state index contributed by atoms with van der Waals surface area (Å²) in [5, 5.41) is 0. The molecule has 108 valence electrons. The SMILES string of the molecule is CCN(CC)CCSc1cc(C(C)(C)C)ccc1C. The van der Waals surface area contributed by atoms with Gasteiger partial charge in [0.25, 0.3) is 0 Å². The predicted molar refractivity (Wildman–Crippen MR) is 88.4 cm³/mol. The van der Waals surface area contributed by atoms with E-state index in [9.17, 15) is 0 Å². The van der Waals surface area contributed by atoms with Gasteiger partial charge in [-0.15, -0.1) is 11.8 Å². The van der Waals surface area contributed by atoms with Gasteiger partial charge in [-0.05, 0) is 42.6 Å². The van der Waals surface area contributed by atoms with Crippen molar-refractivity contribution in [2.24, 2.45) is 0 Å². The molecule has 0 fully saturated rings. The van der Waals surface area contributed by atoms with E-state index >= 15 is 0 Å². The molecule has 0 unspecified atom stereocenters. The fourth-order valence-corrected chi connectivity index (χ4v) is 3.12. The molecule has 2 heteroatoms. The van der Waals surface area contributed by atoms with Gasteiger partial charge in [0.05, 0.1) is 0 Å². The van der Waals surface area contributed by atoms with Crippen molar-refractivity contribution in [1.29, 1.82) is 0 Å². The lowest BCUT2D eigenvalue weighted by Gasteiger charge is -2.21. The maximum absolute atomic E-state index is 2.48. The van der Waals surface area contributed by atoms with E-state index in [0.29, 0.717) is 0 Å². The van der Waals surface area contributed by atoms with Gasteiger partial charge < -0.3 is 4.90 Å². The maximum Gasteiger partial charge on any atom is 0.0108 e. The molecule has 0 atom stereocenters. The molecule has 0 heterocycles. The lowest BCUT2D eigenvalue weighted by Crippen LogP contribution is -2.25. The van der Waals surface area contributed by atoms with Gasteiger partial charge >= 0.3 is 0 Å². The lowest BCUT2D eigenvalue weighted by atomic mass is 9.87. The molecule has 0 N–H and O–H groups in total. The van der Waals surface area contributed by atoms with E-state index in [1.54, 1.807) is 0 Å². The molecular formula is C17H29NS. The third-order valence-electron chi connectivity index (χ3n) is 3.61. The van der Waals surface area contributed by atoms with Crippen molar-refractivity contribution in [2.45, 2.75) is 51.9 Å². The van der Waals surface area contributed by atoms with Crippen LogP contribution in [0.1, 0.15) is 45.7 Å². The number of rotatable bonds is 6. The molecule has 0 saturated heterocycles. The molecule has 1 nitrogen and oxygen atoms in total. The Morgan fingerprint density at radius 1 is 1.11 bits per heavy atom. The van der Waals surface area contributed by atoms with E-state index in [0.717, 1.165) is 13.1 Å². The van der Waals surface area contributed by atoms with Gasteiger partial charge in [-0.1, -0.05) is 46.8 Å².